The molecule has 102 valence electrons. The number of aliphatic hydroxyl groups is 1. The van der Waals surface area contributed by atoms with Gasteiger partial charge in [-0.05, 0) is 18.9 Å². The van der Waals surface area contributed by atoms with E-state index in [1.54, 1.807) is 25.3 Å². The van der Waals surface area contributed by atoms with Crippen LogP contribution in [0.2, 0.25) is 0 Å². The second kappa shape index (κ2) is 6.03. The summed E-state index contributed by atoms with van der Waals surface area (Å²) in [6, 6.07) is 7.66. The molecule has 1 aliphatic rings. The molecule has 1 N–H and O–H groups in total. The van der Waals surface area contributed by atoms with Crippen molar-refractivity contribution in [3.8, 4) is 11.9 Å². The molecule has 0 aromatic carbocycles. The van der Waals surface area contributed by atoms with Gasteiger partial charge in [-0.15, -0.1) is 0 Å². The first-order chi connectivity index (χ1) is 9.22. The van der Waals surface area contributed by atoms with E-state index in [0.29, 0.717) is 11.6 Å². The molecule has 1 aromatic heterocycles. The van der Waals surface area contributed by atoms with E-state index in [1.807, 2.05) is 0 Å². The second-order valence-electron chi connectivity index (χ2n) is 5.19. The SMILES string of the molecule is COc1cccc(C(O)C2(C#N)CCCCCC2)n1. The zero-order valence-corrected chi connectivity index (χ0v) is 11.3. The summed E-state index contributed by atoms with van der Waals surface area (Å²) >= 11 is 0. The van der Waals surface area contributed by atoms with Crippen LogP contribution in [0.5, 0.6) is 5.88 Å². The van der Waals surface area contributed by atoms with Gasteiger partial charge in [-0.1, -0.05) is 31.7 Å². The molecule has 19 heavy (non-hydrogen) atoms. The molecule has 0 amide bonds. The van der Waals surface area contributed by atoms with Crippen LogP contribution < -0.4 is 4.74 Å². The van der Waals surface area contributed by atoms with Gasteiger partial charge in [0.25, 0.3) is 0 Å². The zero-order chi connectivity index (χ0) is 13.7. The summed E-state index contributed by atoms with van der Waals surface area (Å²) in [7, 11) is 1.55. The monoisotopic (exact) mass is 260 g/mol. The van der Waals surface area contributed by atoms with Crippen molar-refractivity contribution in [3.05, 3.63) is 23.9 Å². The molecule has 0 radical (unpaired) electrons. The molecule has 0 bridgehead atoms. The van der Waals surface area contributed by atoms with Gasteiger partial charge >= 0.3 is 0 Å². The summed E-state index contributed by atoms with van der Waals surface area (Å²) in [6.45, 7) is 0. The number of methoxy groups -OCH3 is 1. The zero-order valence-electron chi connectivity index (χ0n) is 11.3. The molecule has 1 aromatic rings. The average Bonchev–Trinajstić information content (AvgIpc) is 2.73. The van der Waals surface area contributed by atoms with Crippen molar-refractivity contribution in [2.24, 2.45) is 5.41 Å². The van der Waals surface area contributed by atoms with Crippen LogP contribution in [0, 0.1) is 16.7 Å². The number of rotatable bonds is 3. The second-order valence-corrected chi connectivity index (χ2v) is 5.19. The number of aliphatic hydroxyl groups excluding tert-OH is 1. The van der Waals surface area contributed by atoms with Gasteiger partial charge < -0.3 is 9.84 Å². The lowest BCUT2D eigenvalue weighted by molar-refractivity contribution is 0.0477. The highest BCUT2D eigenvalue weighted by Gasteiger charge is 2.40. The molecule has 1 heterocycles. The first kappa shape index (κ1) is 13.8. The van der Waals surface area contributed by atoms with Gasteiger partial charge in [0.2, 0.25) is 5.88 Å². The third kappa shape index (κ3) is 2.87. The van der Waals surface area contributed by atoms with Crippen LogP contribution in [0.15, 0.2) is 18.2 Å². The molecule has 1 aliphatic carbocycles. The topological polar surface area (TPSA) is 66.1 Å². The first-order valence-electron chi connectivity index (χ1n) is 6.82. The molecule has 4 heteroatoms. The van der Waals surface area contributed by atoms with Crippen LogP contribution in [0.3, 0.4) is 0 Å². The number of pyridine rings is 1. The standard InChI is InChI=1S/C15H20N2O2/c1-19-13-8-6-7-12(17-13)14(18)15(11-16)9-4-2-3-5-10-15/h6-8,14,18H,2-5,9-10H2,1H3. The number of nitriles is 1. The van der Waals surface area contributed by atoms with Gasteiger partial charge in [-0.2, -0.15) is 5.26 Å². The van der Waals surface area contributed by atoms with Crippen LogP contribution >= 0.6 is 0 Å². The first-order valence-corrected chi connectivity index (χ1v) is 6.82. The normalized spacial score (nSPS) is 20.1. The average molecular weight is 260 g/mol. The summed E-state index contributed by atoms with van der Waals surface area (Å²) in [5.41, 5.74) is -0.168. The lowest BCUT2D eigenvalue weighted by Gasteiger charge is -2.30. The van der Waals surface area contributed by atoms with Crippen LogP contribution in [-0.2, 0) is 0 Å². The van der Waals surface area contributed by atoms with Crippen molar-refractivity contribution in [1.29, 1.82) is 5.26 Å². The number of nitrogens with zero attached hydrogens (tertiary/aromatic N) is 2. The predicted octanol–water partition coefficient (Wildman–Crippen LogP) is 2.99. The van der Waals surface area contributed by atoms with Crippen LogP contribution in [0.25, 0.3) is 0 Å². The van der Waals surface area contributed by atoms with E-state index >= 15 is 0 Å². The molecule has 2 rings (SSSR count). The Morgan fingerprint density at radius 3 is 2.58 bits per heavy atom. The maximum absolute atomic E-state index is 10.6. The minimum absolute atomic E-state index is 0.471. The van der Waals surface area contributed by atoms with E-state index in [9.17, 15) is 10.4 Å². The Morgan fingerprint density at radius 2 is 2.00 bits per heavy atom. The van der Waals surface area contributed by atoms with Gasteiger partial charge in [0.1, 0.15) is 6.10 Å². The fourth-order valence-electron chi connectivity index (χ4n) is 2.79. The van der Waals surface area contributed by atoms with E-state index in [4.69, 9.17) is 4.74 Å². The maximum atomic E-state index is 10.6. The fraction of sp³-hybridized carbons (Fsp3) is 0.600. The number of ether oxygens (including phenoxy) is 1. The Kier molecular flexibility index (Phi) is 4.39. The van der Waals surface area contributed by atoms with E-state index < -0.39 is 11.5 Å². The molecule has 0 aliphatic heterocycles. The Labute approximate surface area is 114 Å². The van der Waals surface area contributed by atoms with Crippen molar-refractivity contribution < 1.29 is 9.84 Å². The van der Waals surface area contributed by atoms with E-state index in [0.717, 1.165) is 38.5 Å². The molecule has 1 fully saturated rings. The highest BCUT2D eigenvalue weighted by molar-refractivity contribution is 5.21. The number of aromatic nitrogens is 1. The number of hydrogen-bond donors (Lipinski definition) is 1. The van der Waals surface area contributed by atoms with Crippen molar-refractivity contribution in [1.82, 2.24) is 4.98 Å². The summed E-state index contributed by atoms with van der Waals surface area (Å²) in [6.07, 6.45) is 4.91. The maximum Gasteiger partial charge on any atom is 0.213 e. The summed E-state index contributed by atoms with van der Waals surface area (Å²) in [5, 5.41) is 20.2. The lowest BCUT2D eigenvalue weighted by atomic mass is 9.75. The Balaban J connectivity index is 2.28. The van der Waals surface area contributed by atoms with Gasteiger partial charge in [0.15, 0.2) is 0 Å². The quantitative estimate of drug-likeness (QED) is 0.848. The van der Waals surface area contributed by atoms with E-state index in [1.165, 1.54) is 0 Å². The molecular weight excluding hydrogens is 240 g/mol. The fourth-order valence-corrected chi connectivity index (χ4v) is 2.79. The van der Waals surface area contributed by atoms with Crippen molar-refractivity contribution in [2.45, 2.75) is 44.6 Å². The minimum atomic E-state index is -0.842. The Bertz CT molecular complexity index is 459. The third-order valence-corrected chi connectivity index (χ3v) is 3.98. The van der Waals surface area contributed by atoms with Crippen molar-refractivity contribution >= 4 is 0 Å². The van der Waals surface area contributed by atoms with Crippen LogP contribution in [-0.4, -0.2) is 17.2 Å². The van der Waals surface area contributed by atoms with Gasteiger partial charge in [0, 0.05) is 6.07 Å². The van der Waals surface area contributed by atoms with Gasteiger partial charge in [0.05, 0.1) is 24.3 Å². The summed E-state index contributed by atoms with van der Waals surface area (Å²) < 4.78 is 5.08. The molecule has 0 saturated heterocycles. The van der Waals surface area contributed by atoms with Crippen LogP contribution in [0.1, 0.15) is 50.3 Å². The predicted molar refractivity (Wildman–Crippen MR) is 71.5 cm³/mol. The largest absolute Gasteiger partial charge is 0.481 e. The lowest BCUT2D eigenvalue weighted by Crippen LogP contribution is -2.27. The Morgan fingerprint density at radius 1 is 1.32 bits per heavy atom. The Hall–Kier alpha value is -1.60. The summed E-state index contributed by atoms with van der Waals surface area (Å²) in [4.78, 5) is 4.27. The molecule has 1 saturated carbocycles. The molecule has 4 nitrogen and oxygen atoms in total. The van der Waals surface area contributed by atoms with Gasteiger partial charge in [-0.3, -0.25) is 0 Å². The van der Waals surface area contributed by atoms with Crippen molar-refractivity contribution in [3.63, 3.8) is 0 Å². The van der Waals surface area contributed by atoms with E-state index in [2.05, 4.69) is 11.1 Å². The molecule has 0 spiro atoms. The summed E-state index contributed by atoms with van der Waals surface area (Å²) in [5.74, 6) is 0.471. The van der Waals surface area contributed by atoms with Crippen molar-refractivity contribution in [2.75, 3.05) is 7.11 Å². The number of hydrogen-bond acceptors (Lipinski definition) is 4. The molecular formula is C15H20N2O2. The van der Waals surface area contributed by atoms with E-state index in [-0.39, 0.29) is 0 Å². The highest BCUT2D eigenvalue weighted by Crippen LogP contribution is 2.44. The minimum Gasteiger partial charge on any atom is -0.481 e. The van der Waals surface area contributed by atoms with Crippen LogP contribution in [0.4, 0.5) is 0 Å². The smallest absolute Gasteiger partial charge is 0.213 e. The molecule has 1 unspecified atom stereocenters. The highest BCUT2D eigenvalue weighted by atomic mass is 16.5. The van der Waals surface area contributed by atoms with Gasteiger partial charge in [-0.25, -0.2) is 4.98 Å². The third-order valence-electron chi connectivity index (χ3n) is 3.98. The molecule has 1 atom stereocenters.